The molecule has 1 unspecified atom stereocenters. The largest absolute Gasteiger partial charge is 0.496 e. The van der Waals surface area contributed by atoms with E-state index in [1.807, 2.05) is 37.2 Å². The number of hydrogen-bond donors (Lipinski definition) is 0. The Labute approximate surface area is 156 Å². The SMILES string of the molecule is CCOC(=O)C(Cc1ccc(N(C)C)cc1OC)P(=O)(OCC)OCC. The smallest absolute Gasteiger partial charge is 0.345 e. The van der Waals surface area contributed by atoms with Crippen molar-refractivity contribution >= 4 is 19.3 Å². The number of carbonyl (C=O) groups excluding carboxylic acids is 1. The van der Waals surface area contributed by atoms with E-state index in [1.54, 1.807) is 27.9 Å². The zero-order chi connectivity index (χ0) is 19.7. The maximum atomic E-state index is 13.2. The van der Waals surface area contributed by atoms with Gasteiger partial charge in [0.1, 0.15) is 5.75 Å². The van der Waals surface area contributed by atoms with Gasteiger partial charge in [-0.15, -0.1) is 0 Å². The van der Waals surface area contributed by atoms with Crippen molar-refractivity contribution in [1.29, 1.82) is 0 Å². The van der Waals surface area contributed by atoms with Crippen molar-refractivity contribution in [2.45, 2.75) is 32.9 Å². The molecule has 0 fully saturated rings. The van der Waals surface area contributed by atoms with E-state index in [0.29, 0.717) is 5.75 Å². The van der Waals surface area contributed by atoms with Crippen molar-refractivity contribution in [3.05, 3.63) is 23.8 Å². The van der Waals surface area contributed by atoms with Gasteiger partial charge >= 0.3 is 13.6 Å². The van der Waals surface area contributed by atoms with E-state index >= 15 is 0 Å². The van der Waals surface area contributed by atoms with Crippen LogP contribution in [0.2, 0.25) is 0 Å². The molecule has 0 saturated carbocycles. The van der Waals surface area contributed by atoms with Crippen molar-refractivity contribution in [2.75, 3.05) is 45.9 Å². The second-order valence-electron chi connectivity index (χ2n) is 5.74. The molecular formula is C18H30NO6P. The summed E-state index contributed by atoms with van der Waals surface area (Å²) in [5, 5.41) is 0. The molecule has 0 aliphatic carbocycles. The van der Waals surface area contributed by atoms with E-state index in [4.69, 9.17) is 18.5 Å². The summed E-state index contributed by atoms with van der Waals surface area (Å²) < 4.78 is 34.6. The topological polar surface area (TPSA) is 74.3 Å². The zero-order valence-electron chi connectivity index (χ0n) is 16.5. The molecule has 0 aliphatic heterocycles. The number of anilines is 1. The minimum Gasteiger partial charge on any atom is -0.496 e. The number of benzene rings is 1. The van der Waals surface area contributed by atoms with Crippen molar-refractivity contribution in [3.63, 3.8) is 0 Å². The molecule has 26 heavy (non-hydrogen) atoms. The third kappa shape index (κ3) is 5.73. The average molecular weight is 387 g/mol. The fourth-order valence-corrected chi connectivity index (χ4v) is 4.44. The summed E-state index contributed by atoms with van der Waals surface area (Å²) in [6.07, 6.45) is 0.132. The molecule has 8 heteroatoms. The van der Waals surface area contributed by atoms with Gasteiger partial charge in [0.25, 0.3) is 0 Å². The molecule has 0 spiro atoms. The Morgan fingerprint density at radius 3 is 2.19 bits per heavy atom. The molecule has 0 bridgehead atoms. The number of ether oxygens (including phenoxy) is 2. The van der Waals surface area contributed by atoms with Gasteiger partial charge in [0, 0.05) is 32.3 Å². The van der Waals surface area contributed by atoms with Crippen LogP contribution in [0.5, 0.6) is 5.75 Å². The number of methoxy groups -OCH3 is 1. The molecule has 1 aromatic rings. The van der Waals surface area contributed by atoms with Gasteiger partial charge in [-0.25, -0.2) is 0 Å². The van der Waals surface area contributed by atoms with E-state index in [2.05, 4.69) is 0 Å². The number of nitrogens with zero attached hydrogens (tertiary/aromatic N) is 1. The van der Waals surface area contributed by atoms with E-state index in [-0.39, 0.29) is 26.2 Å². The van der Waals surface area contributed by atoms with Crippen molar-refractivity contribution in [1.82, 2.24) is 0 Å². The number of rotatable bonds is 11. The Balaban J connectivity index is 3.28. The number of carbonyl (C=O) groups is 1. The summed E-state index contributed by atoms with van der Waals surface area (Å²) in [5.74, 6) is 0.00141. The van der Waals surface area contributed by atoms with Crippen LogP contribution in [-0.4, -0.2) is 52.7 Å². The molecule has 1 atom stereocenters. The summed E-state index contributed by atoms with van der Waals surface area (Å²) in [5.41, 5.74) is 0.633. The summed E-state index contributed by atoms with van der Waals surface area (Å²) in [7, 11) is 1.72. The van der Waals surface area contributed by atoms with Crippen LogP contribution >= 0.6 is 7.60 Å². The summed E-state index contributed by atoms with van der Waals surface area (Å²) >= 11 is 0. The van der Waals surface area contributed by atoms with E-state index < -0.39 is 19.2 Å². The predicted molar refractivity (Wildman–Crippen MR) is 102 cm³/mol. The van der Waals surface area contributed by atoms with Gasteiger partial charge in [0.05, 0.1) is 26.9 Å². The highest BCUT2D eigenvalue weighted by Gasteiger charge is 2.42. The first kappa shape index (κ1) is 22.5. The monoisotopic (exact) mass is 387 g/mol. The highest BCUT2D eigenvalue weighted by atomic mass is 31.2. The van der Waals surface area contributed by atoms with Gasteiger partial charge in [-0.2, -0.15) is 0 Å². The minimum absolute atomic E-state index is 0.132. The Bertz CT molecular complexity index is 624. The standard InChI is InChI=1S/C18H30NO6P/c1-7-23-18(20)17(26(21,24-8-2)25-9-3)12-14-10-11-15(19(4)5)13-16(14)22-6/h10-11,13,17H,7-9,12H2,1-6H3. The van der Waals surface area contributed by atoms with Crippen LogP contribution in [-0.2, 0) is 29.6 Å². The second-order valence-corrected chi connectivity index (χ2v) is 7.96. The zero-order valence-corrected chi connectivity index (χ0v) is 17.4. The Morgan fingerprint density at radius 1 is 1.12 bits per heavy atom. The molecule has 0 amide bonds. The van der Waals surface area contributed by atoms with Crippen LogP contribution < -0.4 is 9.64 Å². The van der Waals surface area contributed by atoms with Crippen LogP contribution in [0.1, 0.15) is 26.3 Å². The first-order valence-corrected chi connectivity index (χ1v) is 10.3. The molecule has 0 heterocycles. The molecule has 0 aliphatic rings. The van der Waals surface area contributed by atoms with Crippen molar-refractivity contribution in [2.24, 2.45) is 0 Å². The van der Waals surface area contributed by atoms with E-state index in [1.165, 1.54) is 0 Å². The van der Waals surface area contributed by atoms with E-state index in [9.17, 15) is 9.36 Å². The first-order valence-electron chi connectivity index (χ1n) is 8.72. The first-order chi connectivity index (χ1) is 12.3. The van der Waals surface area contributed by atoms with Crippen LogP contribution in [0.3, 0.4) is 0 Å². The average Bonchev–Trinajstić information content (AvgIpc) is 2.59. The fourth-order valence-electron chi connectivity index (χ4n) is 2.53. The quantitative estimate of drug-likeness (QED) is 0.425. The van der Waals surface area contributed by atoms with Crippen LogP contribution in [0.4, 0.5) is 5.69 Å². The van der Waals surface area contributed by atoms with Gasteiger partial charge in [-0.05, 0) is 32.4 Å². The molecular weight excluding hydrogens is 357 g/mol. The molecule has 1 aromatic carbocycles. The lowest BCUT2D eigenvalue weighted by molar-refractivity contribution is -0.143. The van der Waals surface area contributed by atoms with Gasteiger partial charge < -0.3 is 23.4 Å². The third-order valence-corrected chi connectivity index (χ3v) is 6.15. The van der Waals surface area contributed by atoms with Gasteiger partial charge in [0.15, 0.2) is 5.66 Å². The van der Waals surface area contributed by atoms with Gasteiger partial charge in [-0.3, -0.25) is 9.36 Å². The summed E-state index contributed by atoms with van der Waals surface area (Å²) in [6.45, 7) is 5.65. The molecule has 0 N–H and O–H groups in total. The predicted octanol–water partition coefficient (Wildman–Crippen LogP) is 3.50. The van der Waals surface area contributed by atoms with E-state index in [0.717, 1.165) is 11.3 Å². The summed E-state index contributed by atoms with van der Waals surface area (Å²) in [6, 6.07) is 5.62. The van der Waals surface area contributed by atoms with Crippen molar-refractivity contribution in [3.8, 4) is 5.75 Å². The van der Waals surface area contributed by atoms with Crippen LogP contribution in [0.15, 0.2) is 18.2 Å². The molecule has 7 nitrogen and oxygen atoms in total. The van der Waals surface area contributed by atoms with Crippen LogP contribution in [0.25, 0.3) is 0 Å². The molecule has 1 rings (SSSR count). The normalized spacial score (nSPS) is 12.5. The molecule has 148 valence electrons. The van der Waals surface area contributed by atoms with Gasteiger partial charge in [0.2, 0.25) is 0 Å². The van der Waals surface area contributed by atoms with Crippen LogP contribution in [0, 0.1) is 0 Å². The minimum atomic E-state index is -3.68. The highest BCUT2D eigenvalue weighted by Crippen LogP contribution is 2.54. The Morgan fingerprint density at radius 2 is 1.73 bits per heavy atom. The maximum absolute atomic E-state index is 13.2. The lowest BCUT2D eigenvalue weighted by Gasteiger charge is -2.25. The second kappa shape index (κ2) is 10.6. The lowest BCUT2D eigenvalue weighted by Crippen LogP contribution is -2.28. The molecule has 0 radical (unpaired) electrons. The number of esters is 1. The van der Waals surface area contributed by atoms with Crippen molar-refractivity contribution < 1.29 is 27.9 Å². The molecule has 0 aromatic heterocycles. The highest BCUT2D eigenvalue weighted by molar-refractivity contribution is 7.55. The fraction of sp³-hybridized carbons (Fsp3) is 0.611. The molecule has 0 saturated heterocycles. The van der Waals surface area contributed by atoms with Gasteiger partial charge in [-0.1, -0.05) is 6.07 Å². The Hall–Kier alpha value is -1.56. The maximum Gasteiger partial charge on any atom is 0.345 e. The Kier molecular flexibility index (Phi) is 9.13. The lowest BCUT2D eigenvalue weighted by atomic mass is 10.1. The summed E-state index contributed by atoms with van der Waals surface area (Å²) in [4.78, 5) is 14.5. The third-order valence-electron chi connectivity index (χ3n) is 3.76. The number of hydrogen-bond acceptors (Lipinski definition) is 7.